The number of ether oxygens (including phenoxy) is 1. The van der Waals surface area contributed by atoms with E-state index in [1.54, 1.807) is 0 Å². The summed E-state index contributed by atoms with van der Waals surface area (Å²) >= 11 is 0. The van der Waals surface area contributed by atoms with E-state index in [0.717, 1.165) is 29.9 Å². The molecular weight excluding hydrogens is 466 g/mol. The molecule has 35 heavy (non-hydrogen) atoms. The third-order valence-corrected chi connectivity index (χ3v) is 9.59. The Kier molecular flexibility index (Phi) is 6.98. The number of benzene rings is 1. The van der Waals surface area contributed by atoms with Crippen molar-refractivity contribution in [3.8, 4) is 11.3 Å². The van der Waals surface area contributed by atoms with E-state index >= 15 is 0 Å². The Labute approximate surface area is 207 Å². The first kappa shape index (κ1) is 24.4. The molecule has 3 aliphatic heterocycles. The summed E-state index contributed by atoms with van der Waals surface area (Å²) in [5.74, 6) is -0.00405. The fourth-order valence-corrected chi connectivity index (χ4v) is 6.83. The van der Waals surface area contributed by atoms with E-state index in [0.29, 0.717) is 65.3 Å². The molecule has 9 nitrogen and oxygen atoms in total. The predicted octanol–water partition coefficient (Wildman–Crippen LogP) is 2.19. The van der Waals surface area contributed by atoms with Gasteiger partial charge in [-0.1, -0.05) is 12.1 Å². The van der Waals surface area contributed by atoms with Crippen molar-refractivity contribution in [3.05, 3.63) is 41.1 Å². The molecule has 0 saturated carbocycles. The summed E-state index contributed by atoms with van der Waals surface area (Å²) < 4.78 is 36.3. The van der Waals surface area contributed by atoms with Gasteiger partial charge in [0.25, 0.3) is 10.2 Å². The minimum absolute atomic E-state index is 0.135. The molecule has 1 aromatic heterocycles. The lowest BCUT2D eigenvalue weighted by atomic mass is 9.96. The minimum atomic E-state index is -3.48. The summed E-state index contributed by atoms with van der Waals surface area (Å²) in [6.45, 7) is 8.69. The van der Waals surface area contributed by atoms with Gasteiger partial charge >= 0.3 is 0 Å². The number of amides is 1. The topological polar surface area (TPSA) is 88.0 Å². The second-order valence-electron chi connectivity index (χ2n) is 9.85. The van der Waals surface area contributed by atoms with Crippen LogP contribution in [0.2, 0.25) is 0 Å². The largest absolute Gasteiger partial charge is 0.379 e. The van der Waals surface area contributed by atoms with E-state index in [4.69, 9.17) is 9.84 Å². The van der Waals surface area contributed by atoms with Crippen LogP contribution in [0.25, 0.3) is 11.3 Å². The van der Waals surface area contributed by atoms with Gasteiger partial charge < -0.3 is 9.64 Å². The first-order valence-electron chi connectivity index (χ1n) is 12.6. The van der Waals surface area contributed by atoms with E-state index in [1.807, 2.05) is 9.58 Å². The Morgan fingerprint density at radius 1 is 0.943 bits per heavy atom. The Hall–Kier alpha value is -2.27. The Morgan fingerprint density at radius 3 is 2.37 bits per heavy atom. The lowest BCUT2D eigenvalue weighted by Gasteiger charge is -2.36. The molecule has 2 aromatic rings. The number of aryl methyl sites for hydroxylation is 3. The zero-order valence-electron chi connectivity index (χ0n) is 20.6. The molecule has 0 N–H and O–H groups in total. The summed E-state index contributed by atoms with van der Waals surface area (Å²) in [5.41, 5.74) is 5.59. The van der Waals surface area contributed by atoms with E-state index in [9.17, 15) is 13.2 Å². The third-order valence-electron chi connectivity index (χ3n) is 7.55. The number of carbonyl (C=O) groups excluding carboxylic acids is 1. The Balaban J connectivity index is 1.23. The molecule has 0 unspecified atom stereocenters. The van der Waals surface area contributed by atoms with E-state index in [-0.39, 0.29) is 11.8 Å². The summed E-state index contributed by atoms with van der Waals surface area (Å²) in [5, 5.41) is 4.83. The first-order valence-corrected chi connectivity index (χ1v) is 14.0. The van der Waals surface area contributed by atoms with E-state index in [2.05, 4.69) is 38.1 Å². The van der Waals surface area contributed by atoms with Crippen molar-refractivity contribution in [1.29, 1.82) is 0 Å². The molecule has 10 heteroatoms. The summed E-state index contributed by atoms with van der Waals surface area (Å²) in [6, 6.07) is 8.50. The molecule has 3 aliphatic rings. The van der Waals surface area contributed by atoms with Gasteiger partial charge in [0.15, 0.2) is 0 Å². The number of piperidine rings is 1. The van der Waals surface area contributed by atoms with Crippen molar-refractivity contribution in [2.45, 2.75) is 46.2 Å². The molecule has 0 radical (unpaired) electrons. The maximum absolute atomic E-state index is 13.4. The molecular formula is C25H35N5O4S. The monoisotopic (exact) mass is 501 g/mol. The number of hydrogen-bond donors (Lipinski definition) is 0. The smallest absolute Gasteiger partial charge is 0.282 e. The van der Waals surface area contributed by atoms with Crippen molar-refractivity contribution in [2.24, 2.45) is 5.92 Å². The van der Waals surface area contributed by atoms with Crippen LogP contribution in [0.1, 0.15) is 36.1 Å². The number of nitrogens with zero attached hydrogens (tertiary/aromatic N) is 5. The summed E-state index contributed by atoms with van der Waals surface area (Å²) in [4.78, 5) is 15.4. The molecule has 0 spiro atoms. The van der Waals surface area contributed by atoms with Crippen LogP contribution < -0.4 is 0 Å². The lowest BCUT2D eigenvalue weighted by Crippen LogP contribution is -2.51. The fourth-order valence-electron chi connectivity index (χ4n) is 5.22. The van der Waals surface area contributed by atoms with E-state index < -0.39 is 10.2 Å². The van der Waals surface area contributed by atoms with Gasteiger partial charge in [-0.25, -0.2) is 0 Å². The second kappa shape index (κ2) is 10.0. The van der Waals surface area contributed by atoms with Gasteiger partial charge in [0, 0.05) is 50.7 Å². The third kappa shape index (κ3) is 5.02. The summed E-state index contributed by atoms with van der Waals surface area (Å²) in [7, 11) is -3.48. The van der Waals surface area contributed by atoms with Gasteiger partial charge in [0.05, 0.1) is 31.1 Å². The van der Waals surface area contributed by atoms with Crippen LogP contribution in [0.15, 0.2) is 24.3 Å². The number of rotatable bonds is 4. The summed E-state index contributed by atoms with van der Waals surface area (Å²) in [6.07, 6.45) is 1.98. The number of fused-ring (bicyclic) bond motifs is 1. The van der Waals surface area contributed by atoms with Crippen LogP contribution in [0.5, 0.6) is 0 Å². The highest BCUT2D eigenvalue weighted by molar-refractivity contribution is 7.86. The van der Waals surface area contributed by atoms with Crippen molar-refractivity contribution >= 4 is 16.1 Å². The maximum Gasteiger partial charge on any atom is 0.282 e. The number of aromatic nitrogens is 2. The predicted molar refractivity (Wildman–Crippen MR) is 133 cm³/mol. The Morgan fingerprint density at radius 2 is 1.66 bits per heavy atom. The number of carbonyl (C=O) groups is 1. The van der Waals surface area contributed by atoms with Crippen molar-refractivity contribution < 1.29 is 17.9 Å². The van der Waals surface area contributed by atoms with Gasteiger partial charge in [-0.3, -0.25) is 9.48 Å². The molecule has 4 heterocycles. The number of hydrogen-bond acceptors (Lipinski definition) is 5. The maximum atomic E-state index is 13.4. The number of morpholine rings is 1. The van der Waals surface area contributed by atoms with Crippen molar-refractivity contribution in [1.82, 2.24) is 23.3 Å². The van der Waals surface area contributed by atoms with Crippen molar-refractivity contribution in [3.63, 3.8) is 0 Å². The van der Waals surface area contributed by atoms with Gasteiger partial charge in [0.1, 0.15) is 0 Å². The normalized spacial score (nSPS) is 21.0. The van der Waals surface area contributed by atoms with Gasteiger partial charge in [-0.15, -0.1) is 0 Å². The van der Waals surface area contributed by atoms with Gasteiger partial charge in [0.2, 0.25) is 5.91 Å². The first-order chi connectivity index (χ1) is 16.8. The SMILES string of the molecule is Cc1ccc(-c2cc3n(n2)CCCN(C(=O)C2CCN(S(=O)(=O)N4CCOCC4)CC2)C3)cc1C. The molecule has 190 valence electrons. The molecule has 0 bridgehead atoms. The van der Waals surface area contributed by atoms with Crippen LogP contribution in [0.4, 0.5) is 0 Å². The molecule has 1 amide bonds. The zero-order chi connectivity index (χ0) is 24.6. The molecule has 2 saturated heterocycles. The van der Waals surface area contributed by atoms with Crippen molar-refractivity contribution in [2.75, 3.05) is 45.9 Å². The van der Waals surface area contributed by atoms with Crippen LogP contribution in [-0.2, 0) is 32.8 Å². The molecule has 0 aliphatic carbocycles. The van der Waals surface area contributed by atoms with Crippen LogP contribution in [0, 0.1) is 19.8 Å². The molecule has 1 aromatic carbocycles. The lowest BCUT2D eigenvalue weighted by molar-refractivity contribution is -0.137. The minimum Gasteiger partial charge on any atom is -0.379 e. The zero-order valence-corrected chi connectivity index (χ0v) is 21.5. The quantitative estimate of drug-likeness (QED) is 0.641. The molecule has 5 rings (SSSR count). The second-order valence-corrected chi connectivity index (χ2v) is 11.8. The average Bonchev–Trinajstić information content (AvgIpc) is 3.17. The van der Waals surface area contributed by atoms with Gasteiger partial charge in [-0.2, -0.15) is 22.1 Å². The fraction of sp³-hybridized carbons (Fsp3) is 0.600. The molecule has 2 fully saturated rings. The highest BCUT2D eigenvalue weighted by Crippen LogP contribution is 2.27. The van der Waals surface area contributed by atoms with E-state index in [1.165, 1.54) is 19.7 Å². The standard InChI is InChI=1S/C25H35N5O4S/c1-19-4-5-22(16-20(19)2)24-17-23-18-27(8-3-9-30(23)26-24)25(31)21-6-10-28(11-7-21)35(32,33)29-12-14-34-15-13-29/h4-5,16-17,21H,3,6-15,18H2,1-2H3. The van der Waals surface area contributed by atoms with Crippen LogP contribution in [0.3, 0.4) is 0 Å². The Bertz CT molecular complexity index is 1180. The average molecular weight is 502 g/mol. The van der Waals surface area contributed by atoms with Crippen LogP contribution in [-0.4, -0.2) is 83.6 Å². The molecule has 0 atom stereocenters. The highest BCUT2D eigenvalue weighted by atomic mass is 32.2. The highest BCUT2D eigenvalue weighted by Gasteiger charge is 2.37. The van der Waals surface area contributed by atoms with Crippen LogP contribution >= 0.6 is 0 Å². The van der Waals surface area contributed by atoms with Gasteiger partial charge in [-0.05, 0) is 56.4 Å².